The molecule has 9 nitrogen and oxygen atoms in total. The molecule has 0 saturated heterocycles. The molecule has 0 spiro atoms. The molecule has 2 aromatic carbocycles. The number of nitrogens with one attached hydrogen (secondary N) is 2. The Morgan fingerprint density at radius 2 is 1.97 bits per heavy atom. The predicted molar refractivity (Wildman–Crippen MR) is 137 cm³/mol. The third-order valence-electron chi connectivity index (χ3n) is 5.15. The largest absolute Gasteiger partial charge is 0.493 e. The second kappa shape index (κ2) is 13.0. The zero-order chi connectivity index (χ0) is 25.2. The summed E-state index contributed by atoms with van der Waals surface area (Å²) in [5.74, 6) is 2.20. The van der Waals surface area contributed by atoms with E-state index in [1.807, 2.05) is 31.0 Å². The van der Waals surface area contributed by atoms with Crippen LogP contribution < -0.4 is 24.8 Å². The number of methoxy groups -OCH3 is 1. The number of likely N-dealkylation sites (N-methyl/N-ethyl adjacent to an activating group) is 1. The first-order valence-corrected chi connectivity index (χ1v) is 11.7. The highest BCUT2D eigenvalue weighted by Crippen LogP contribution is 2.38. The summed E-state index contributed by atoms with van der Waals surface area (Å²) in [6.45, 7) is 4.32. The second-order valence-electron chi connectivity index (χ2n) is 7.83. The van der Waals surface area contributed by atoms with Crippen molar-refractivity contribution >= 4 is 34.2 Å². The number of carbonyl (C=O) groups is 1. The Morgan fingerprint density at radius 3 is 2.69 bits per heavy atom. The Labute approximate surface area is 209 Å². The molecule has 1 heterocycles. The van der Waals surface area contributed by atoms with Gasteiger partial charge in [-0.3, -0.25) is 4.98 Å². The number of aromatic nitrogens is 1. The van der Waals surface area contributed by atoms with E-state index in [0.29, 0.717) is 65.5 Å². The quantitative estimate of drug-likeness (QED) is 0.334. The number of ether oxygens (including phenoxy) is 3. The monoisotopic (exact) mass is 502 g/mol. The number of pyridine rings is 1. The highest BCUT2D eigenvalue weighted by molar-refractivity contribution is 6.33. The van der Waals surface area contributed by atoms with Crippen LogP contribution in [0.25, 0.3) is 10.9 Å². The summed E-state index contributed by atoms with van der Waals surface area (Å²) in [5, 5.41) is 15.6. The third-order valence-corrected chi connectivity index (χ3v) is 5.46. The van der Waals surface area contributed by atoms with E-state index in [4.69, 9.17) is 30.9 Å². The number of anilines is 1. The fourth-order valence-corrected chi connectivity index (χ4v) is 3.49. The first-order valence-electron chi connectivity index (χ1n) is 11.4. The zero-order valence-electron chi connectivity index (χ0n) is 20.1. The van der Waals surface area contributed by atoms with Crippen molar-refractivity contribution in [3.63, 3.8) is 0 Å². The maximum Gasteiger partial charge on any atom is 0.319 e. The number of amides is 2. The van der Waals surface area contributed by atoms with Crippen molar-refractivity contribution < 1.29 is 24.1 Å². The van der Waals surface area contributed by atoms with Gasteiger partial charge in [-0.05, 0) is 37.7 Å². The molecular weight excluding hydrogens is 472 g/mol. The van der Waals surface area contributed by atoms with E-state index in [0.717, 1.165) is 11.8 Å². The summed E-state index contributed by atoms with van der Waals surface area (Å²) in [6.07, 6.45) is 2.49. The molecule has 3 aromatic rings. The molecule has 0 saturated carbocycles. The number of nitrogens with zero attached hydrogens (tertiary/aromatic N) is 2. The van der Waals surface area contributed by atoms with Crippen LogP contribution in [0.4, 0.5) is 10.5 Å². The predicted octanol–water partition coefficient (Wildman–Crippen LogP) is 4.52. The van der Waals surface area contributed by atoms with Gasteiger partial charge in [0.05, 0.1) is 29.9 Å². The average molecular weight is 503 g/mol. The molecule has 0 atom stereocenters. The number of benzene rings is 2. The van der Waals surface area contributed by atoms with E-state index in [1.54, 1.807) is 37.6 Å². The average Bonchev–Trinajstić information content (AvgIpc) is 2.84. The van der Waals surface area contributed by atoms with Crippen LogP contribution in [0.5, 0.6) is 23.0 Å². The molecule has 0 fully saturated rings. The van der Waals surface area contributed by atoms with E-state index < -0.39 is 0 Å². The standard InChI is InChI=1S/C25H31ClN4O5/c1-4-8-28-25(32)29-20-6-5-17(14-19(20)26)35-22-7-9-27-21-16-24(23(33-3)15-18(21)22)34-13-11-30(2)10-12-31/h5-7,9,14-16,31H,4,8,10-13H2,1-3H3,(H2,28,29,32). The minimum absolute atomic E-state index is 0.0984. The van der Waals surface area contributed by atoms with Gasteiger partial charge in [0.1, 0.15) is 18.1 Å². The van der Waals surface area contributed by atoms with Gasteiger partial charge < -0.3 is 34.9 Å². The summed E-state index contributed by atoms with van der Waals surface area (Å²) in [7, 11) is 3.49. The number of rotatable bonds is 12. The highest BCUT2D eigenvalue weighted by atomic mass is 35.5. The molecule has 1 aromatic heterocycles. The molecule has 3 rings (SSSR count). The summed E-state index contributed by atoms with van der Waals surface area (Å²) >= 11 is 6.36. The number of carbonyl (C=O) groups excluding carboxylic acids is 1. The van der Waals surface area contributed by atoms with Crippen LogP contribution in [0.1, 0.15) is 13.3 Å². The molecule has 0 aliphatic rings. The highest BCUT2D eigenvalue weighted by Gasteiger charge is 2.13. The molecule has 10 heteroatoms. The van der Waals surface area contributed by atoms with Crippen molar-refractivity contribution in [1.29, 1.82) is 0 Å². The molecule has 3 N–H and O–H groups in total. The van der Waals surface area contributed by atoms with Crippen molar-refractivity contribution in [3.05, 3.63) is 47.6 Å². The lowest BCUT2D eigenvalue weighted by molar-refractivity contribution is 0.190. The molecule has 188 valence electrons. The van der Waals surface area contributed by atoms with E-state index in [9.17, 15) is 4.79 Å². The van der Waals surface area contributed by atoms with Crippen LogP contribution in [-0.2, 0) is 0 Å². The van der Waals surface area contributed by atoms with E-state index in [1.165, 1.54) is 0 Å². The van der Waals surface area contributed by atoms with Gasteiger partial charge >= 0.3 is 6.03 Å². The molecular formula is C25H31ClN4O5. The summed E-state index contributed by atoms with van der Waals surface area (Å²) in [4.78, 5) is 18.3. The number of halogens is 1. The number of aliphatic hydroxyl groups is 1. The molecule has 0 bridgehead atoms. The van der Waals surface area contributed by atoms with Crippen molar-refractivity contribution in [2.45, 2.75) is 13.3 Å². The molecule has 35 heavy (non-hydrogen) atoms. The van der Waals surface area contributed by atoms with Crippen molar-refractivity contribution in [1.82, 2.24) is 15.2 Å². The normalized spacial score (nSPS) is 10.9. The molecule has 0 aliphatic heterocycles. The van der Waals surface area contributed by atoms with Crippen molar-refractivity contribution in [2.24, 2.45) is 0 Å². The van der Waals surface area contributed by atoms with Gasteiger partial charge in [0.2, 0.25) is 0 Å². The Bertz CT molecular complexity index is 1140. The third kappa shape index (κ3) is 7.35. The van der Waals surface area contributed by atoms with Crippen LogP contribution in [0.2, 0.25) is 5.02 Å². The maximum absolute atomic E-state index is 11.9. The fourth-order valence-electron chi connectivity index (χ4n) is 3.28. The molecule has 0 aliphatic carbocycles. The van der Waals surface area contributed by atoms with Crippen LogP contribution in [0.3, 0.4) is 0 Å². The maximum atomic E-state index is 11.9. The molecule has 0 unspecified atom stereocenters. The number of hydrogen-bond donors (Lipinski definition) is 3. The first-order chi connectivity index (χ1) is 16.9. The topological polar surface area (TPSA) is 105 Å². The molecule has 2 amide bonds. The lowest BCUT2D eigenvalue weighted by Gasteiger charge is -2.17. The van der Waals surface area contributed by atoms with Crippen LogP contribution in [-0.4, -0.2) is 68.0 Å². The van der Waals surface area contributed by atoms with Crippen LogP contribution in [0, 0.1) is 0 Å². The van der Waals surface area contributed by atoms with E-state index >= 15 is 0 Å². The summed E-state index contributed by atoms with van der Waals surface area (Å²) in [5.41, 5.74) is 1.17. The van der Waals surface area contributed by atoms with Gasteiger partial charge in [0.15, 0.2) is 11.5 Å². The zero-order valence-corrected chi connectivity index (χ0v) is 20.9. The van der Waals surface area contributed by atoms with Gasteiger partial charge in [-0.1, -0.05) is 18.5 Å². The summed E-state index contributed by atoms with van der Waals surface area (Å²) < 4.78 is 17.5. The van der Waals surface area contributed by atoms with Crippen LogP contribution >= 0.6 is 11.6 Å². The number of fused-ring (bicyclic) bond motifs is 1. The van der Waals surface area contributed by atoms with Gasteiger partial charge in [-0.15, -0.1) is 0 Å². The number of aliphatic hydroxyl groups excluding tert-OH is 1. The fraction of sp³-hybridized carbons (Fsp3) is 0.360. The number of urea groups is 1. The Kier molecular flexibility index (Phi) is 9.77. The minimum Gasteiger partial charge on any atom is -0.493 e. The van der Waals surface area contributed by atoms with E-state index in [-0.39, 0.29) is 12.6 Å². The van der Waals surface area contributed by atoms with Crippen molar-refractivity contribution in [2.75, 3.05) is 52.3 Å². The SMILES string of the molecule is CCCNC(=O)Nc1ccc(Oc2ccnc3cc(OCCN(C)CCO)c(OC)cc23)cc1Cl. The minimum atomic E-state index is -0.312. The number of hydrogen-bond acceptors (Lipinski definition) is 7. The van der Waals surface area contributed by atoms with Gasteiger partial charge in [-0.25, -0.2) is 4.79 Å². The smallest absolute Gasteiger partial charge is 0.319 e. The van der Waals surface area contributed by atoms with Gasteiger partial charge in [0.25, 0.3) is 0 Å². The first kappa shape index (κ1) is 26.3. The van der Waals surface area contributed by atoms with Crippen LogP contribution in [0.15, 0.2) is 42.6 Å². The summed E-state index contributed by atoms with van der Waals surface area (Å²) in [6, 6.07) is 10.1. The molecule has 0 radical (unpaired) electrons. The van der Waals surface area contributed by atoms with Gasteiger partial charge in [0, 0.05) is 43.4 Å². The Balaban J connectivity index is 1.77. The second-order valence-corrected chi connectivity index (χ2v) is 8.24. The Hall–Kier alpha value is -3.27. The van der Waals surface area contributed by atoms with Gasteiger partial charge in [-0.2, -0.15) is 0 Å². The van der Waals surface area contributed by atoms with Crippen molar-refractivity contribution in [3.8, 4) is 23.0 Å². The van der Waals surface area contributed by atoms with E-state index in [2.05, 4.69) is 15.6 Å². The Morgan fingerprint density at radius 1 is 1.14 bits per heavy atom. The lowest BCUT2D eigenvalue weighted by atomic mass is 10.1. The lowest BCUT2D eigenvalue weighted by Crippen LogP contribution is -2.29.